The van der Waals surface area contributed by atoms with Gasteiger partial charge in [0.25, 0.3) is 0 Å². The molecule has 4 heteroatoms. The number of benzene rings is 1. The molecule has 1 aromatic carbocycles. The predicted molar refractivity (Wildman–Crippen MR) is 73.1 cm³/mol. The van der Waals surface area contributed by atoms with Gasteiger partial charge >= 0.3 is 0 Å². The highest BCUT2D eigenvalue weighted by Gasteiger charge is 2.25. The lowest BCUT2D eigenvalue weighted by Gasteiger charge is -2.09. The fraction of sp³-hybridized carbons (Fsp3) is 0.154. The maximum atomic E-state index is 5.90. The van der Waals surface area contributed by atoms with Crippen molar-refractivity contribution in [1.29, 1.82) is 0 Å². The first-order valence-electron chi connectivity index (χ1n) is 5.44. The molecule has 0 fully saturated rings. The van der Waals surface area contributed by atoms with E-state index in [2.05, 4.69) is 28.0 Å². The van der Waals surface area contributed by atoms with Crippen LogP contribution in [0.2, 0.25) is 5.02 Å². The molecule has 1 unspecified atom stereocenters. The zero-order valence-electron chi connectivity index (χ0n) is 9.06. The van der Waals surface area contributed by atoms with Gasteiger partial charge in [-0.25, -0.2) is 0 Å². The van der Waals surface area contributed by atoms with E-state index in [-0.39, 0.29) is 0 Å². The van der Waals surface area contributed by atoms with E-state index in [1.165, 1.54) is 4.88 Å². The lowest BCUT2D eigenvalue weighted by molar-refractivity contribution is 0.770. The van der Waals surface area contributed by atoms with Crippen LogP contribution in [0.3, 0.4) is 0 Å². The molecule has 0 amide bonds. The van der Waals surface area contributed by atoms with Gasteiger partial charge in [0.1, 0.15) is 0 Å². The molecule has 1 atom stereocenters. The number of rotatable bonds is 2. The van der Waals surface area contributed by atoms with Gasteiger partial charge in [-0.1, -0.05) is 29.8 Å². The highest BCUT2D eigenvalue weighted by molar-refractivity contribution is 7.10. The van der Waals surface area contributed by atoms with E-state index >= 15 is 0 Å². The molecular weight excluding hydrogens is 252 g/mol. The third kappa shape index (κ3) is 2.08. The molecule has 2 aromatic rings. The van der Waals surface area contributed by atoms with Crippen molar-refractivity contribution < 1.29 is 0 Å². The number of hydrazone groups is 1. The zero-order valence-corrected chi connectivity index (χ0v) is 10.6. The first-order valence-corrected chi connectivity index (χ1v) is 6.70. The third-order valence-corrected chi connectivity index (χ3v) is 4.09. The molecule has 1 aromatic heterocycles. The van der Waals surface area contributed by atoms with Crippen molar-refractivity contribution in [1.82, 2.24) is 5.43 Å². The molecule has 1 N–H and O–H groups in total. The Labute approximate surface area is 109 Å². The Kier molecular flexibility index (Phi) is 2.87. The second-order valence-corrected chi connectivity index (χ2v) is 5.35. The molecule has 1 aliphatic heterocycles. The standard InChI is InChI=1S/C13H11ClN2S/c14-10-5-3-9(4-6-10)13-11(8-15-16-13)12-2-1-7-17-12/h1-7,11,15H,8H2. The van der Waals surface area contributed by atoms with Gasteiger partial charge in [0.15, 0.2) is 0 Å². The summed E-state index contributed by atoms with van der Waals surface area (Å²) in [6, 6.07) is 12.1. The zero-order chi connectivity index (χ0) is 11.7. The first kappa shape index (κ1) is 10.8. The maximum absolute atomic E-state index is 5.90. The van der Waals surface area contributed by atoms with Crippen LogP contribution < -0.4 is 5.43 Å². The highest BCUT2D eigenvalue weighted by Crippen LogP contribution is 2.28. The van der Waals surface area contributed by atoms with E-state index in [0.29, 0.717) is 5.92 Å². The van der Waals surface area contributed by atoms with Crippen LogP contribution in [0.25, 0.3) is 0 Å². The van der Waals surface area contributed by atoms with E-state index in [9.17, 15) is 0 Å². The quantitative estimate of drug-likeness (QED) is 0.880. The van der Waals surface area contributed by atoms with Gasteiger partial charge in [-0.15, -0.1) is 11.3 Å². The molecule has 17 heavy (non-hydrogen) atoms. The van der Waals surface area contributed by atoms with Crippen molar-refractivity contribution in [3.63, 3.8) is 0 Å². The van der Waals surface area contributed by atoms with Crippen LogP contribution in [0.5, 0.6) is 0 Å². The minimum atomic E-state index is 0.358. The number of hydrogen-bond donors (Lipinski definition) is 1. The van der Waals surface area contributed by atoms with Gasteiger partial charge in [-0.05, 0) is 29.1 Å². The van der Waals surface area contributed by atoms with Crippen LogP contribution in [-0.2, 0) is 0 Å². The summed E-state index contributed by atoms with van der Waals surface area (Å²) < 4.78 is 0. The highest BCUT2D eigenvalue weighted by atomic mass is 35.5. The van der Waals surface area contributed by atoms with E-state index in [4.69, 9.17) is 11.6 Å². The summed E-state index contributed by atoms with van der Waals surface area (Å²) in [5, 5.41) is 7.26. The smallest absolute Gasteiger partial charge is 0.0776 e. The average Bonchev–Trinajstić information content (AvgIpc) is 3.00. The van der Waals surface area contributed by atoms with Crippen LogP contribution in [0.1, 0.15) is 16.4 Å². The van der Waals surface area contributed by atoms with Crippen molar-refractivity contribution in [2.45, 2.75) is 5.92 Å². The van der Waals surface area contributed by atoms with Gasteiger partial charge in [0.2, 0.25) is 0 Å². The largest absolute Gasteiger partial charge is 0.309 e. The summed E-state index contributed by atoms with van der Waals surface area (Å²) in [7, 11) is 0. The van der Waals surface area contributed by atoms with Crippen LogP contribution in [0, 0.1) is 0 Å². The van der Waals surface area contributed by atoms with Crippen LogP contribution in [0.15, 0.2) is 46.9 Å². The van der Waals surface area contributed by atoms with Gasteiger partial charge in [-0.2, -0.15) is 5.10 Å². The molecule has 0 bridgehead atoms. The summed E-state index contributed by atoms with van der Waals surface area (Å²) in [6.07, 6.45) is 0. The van der Waals surface area contributed by atoms with Crippen molar-refractivity contribution in [2.24, 2.45) is 5.10 Å². The molecule has 86 valence electrons. The fourth-order valence-corrected chi connectivity index (χ4v) is 2.96. The van der Waals surface area contributed by atoms with E-state index in [1.807, 2.05) is 24.3 Å². The Morgan fingerprint density at radius 1 is 1.24 bits per heavy atom. The van der Waals surface area contributed by atoms with Crippen molar-refractivity contribution >= 4 is 28.6 Å². The molecule has 3 rings (SSSR count). The van der Waals surface area contributed by atoms with Gasteiger partial charge < -0.3 is 5.43 Å². The Balaban J connectivity index is 1.94. The van der Waals surface area contributed by atoms with Crippen molar-refractivity contribution in [3.05, 3.63) is 57.2 Å². The SMILES string of the molecule is Clc1ccc(C2=NNCC2c2cccs2)cc1. The number of halogens is 1. The van der Waals surface area contributed by atoms with Crippen LogP contribution in [-0.4, -0.2) is 12.3 Å². The summed E-state index contributed by atoms with van der Waals surface area (Å²) in [6.45, 7) is 0.873. The number of nitrogens with one attached hydrogen (secondary N) is 1. The molecule has 0 saturated carbocycles. The van der Waals surface area contributed by atoms with Gasteiger partial charge in [0, 0.05) is 16.4 Å². The van der Waals surface area contributed by atoms with Crippen molar-refractivity contribution in [2.75, 3.05) is 6.54 Å². The summed E-state index contributed by atoms with van der Waals surface area (Å²) >= 11 is 7.68. The third-order valence-electron chi connectivity index (χ3n) is 2.85. The minimum absolute atomic E-state index is 0.358. The topological polar surface area (TPSA) is 24.4 Å². The maximum Gasteiger partial charge on any atom is 0.0776 e. The fourth-order valence-electron chi connectivity index (χ4n) is 2.01. The van der Waals surface area contributed by atoms with Crippen LogP contribution >= 0.6 is 22.9 Å². The van der Waals surface area contributed by atoms with Gasteiger partial charge in [0.05, 0.1) is 11.6 Å². The Bertz CT molecular complexity index is 531. The molecule has 2 heterocycles. The van der Waals surface area contributed by atoms with E-state index < -0.39 is 0 Å². The average molecular weight is 263 g/mol. The minimum Gasteiger partial charge on any atom is -0.309 e. The van der Waals surface area contributed by atoms with Gasteiger partial charge in [-0.3, -0.25) is 0 Å². The molecule has 0 aliphatic carbocycles. The lowest BCUT2D eigenvalue weighted by Crippen LogP contribution is -2.13. The lowest BCUT2D eigenvalue weighted by atomic mass is 9.96. The van der Waals surface area contributed by atoms with Crippen molar-refractivity contribution in [3.8, 4) is 0 Å². The number of nitrogens with zero attached hydrogens (tertiary/aromatic N) is 1. The Morgan fingerprint density at radius 3 is 2.76 bits per heavy atom. The molecule has 0 radical (unpaired) electrons. The summed E-state index contributed by atoms with van der Waals surface area (Å²) in [4.78, 5) is 1.35. The molecular formula is C13H11ClN2S. The Hall–Kier alpha value is -1.32. The second-order valence-electron chi connectivity index (χ2n) is 3.93. The number of thiophene rings is 1. The monoisotopic (exact) mass is 262 g/mol. The summed E-state index contributed by atoms with van der Waals surface area (Å²) in [5.41, 5.74) is 5.32. The normalized spacial score (nSPS) is 18.9. The van der Waals surface area contributed by atoms with E-state index in [1.54, 1.807) is 11.3 Å². The molecule has 0 spiro atoms. The molecule has 0 saturated heterocycles. The molecule has 2 nitrogen and oxygen atoms in total. The Morgan fingerprint density at radius 2 is 2.06 bits per heavy atom. The second kappa shape index (κ2) is 4.51. The molecule has 1 aliphatic rings. The van der Waals surface area contributed by atoms with Crippen LogP contribution in [0.4, 0.5) is 0 Å². The predicted octanol–water partition coefficient (Wildman–Crippen LogP) is 3.49. The summed E-state index contributed by atoms with van der Waals surface area (Å²) in [5.74, 6) is 0.358. The number of hydrogen-bond acceptors (Lipinski definition) is 3. The first-order chi connectivity index (χ1) is 8.34. The van der Waals surface area contributed by atoms with E-state index in [0.717, 1.165) is 22.8 Å².